The van der Waals surface area contributed by atoms with Gasteiger partial charge in [-0.05, 0) is 24.4 Å². The highest BCUT2D eigenvalue weighted by molar-refractivity contribution is 8.00. The van der Waals surface area contributed by atoms with Gasteiger partial charge in [-0.3, -0.25) is 4.79 Å². The largest absolute Gasteiger partial charge is 0.309 e. The third-order valence-corrected chi connectivity index (χ3v) is 5.89. The van der Waals surface area contributed by atoms with E-state index >= 15 is 0 Å². The summed E-state index contributed by atoms with van der Waals surface area (Å²) in [5.74, 6) is 1.50. The Balaban J connectivity index is 1.91. The summed E-state index contributed by atoms with van der Waals surface area (Å²) >= 11 is 3.31. The molecule has 0 saturated carbocycles. The van der Waals surface area contributed by atoms with Crippen LogP contribution in [0.1, 0.15) is 21.4 Å². The second-order valence-corrected chi connectivity index (χ2v) is 7.14. The Labute approximate surface area is 141 Å². The van der Waals surface area contributed by atoms with E-state index in [0.717, 1.165) is 11.3 Å². The zero-order valence-corrected chi connectivity index (χ0v) is 13.9. The summed E-state index contributed by atoms with van der Waals surface area (Å²) in [4.78, 5) is 21.9. The fraction of sp³-hybridized carbons (Fsp3) is 0.200. The average Bonchev–Trinajstić information content (AvgIpc) is 3.15. The number of carbonyl (C=O) groups is 1. The molecule has 3 aromatic heterocycles. The number of fused-ring (bicyclic) bond motifs is 1. The molecule has 1 N–H and O–H groups in total. The van der Waals surface area contributed by atoms with E-state index in [1.807, 2.05) is 13.0 Å². The van der Waals surface area contributed by atoms with Crippen molar-refractivity contribution in [3.63, 3.8) is 0 Å². The Morgan fingerprint density at radius 1 is 1.30 bits per heavy atom. The Bertz CT molecular complexity index is 844. The van der Waals surface area contributed by atoms with Crippen molar-refractivity contribution in [3.05, 3.63) is 52.1 Å². The van der Waals surface area contributed by atoms with Crippen molar-refractivity contribution >= 4 is 34.8 Å². The Morgan fingerprint density at radius 2 is 2.13 bits per heavy atom. The van der Waals surface area contributed by atoms with Gasteiger partial charge >= 0.3 is 0 Å². The number of nitrogens with one attached hydrogen (secondary N) is 1. The van der Waals surface area contributed by atoms with Crippen LogP contribution in [0.25, 0.3) is 5.95 Å². The molecule has 0 unspecified atom stereocenters. The number of hydrogen-bond donors (Lipinski definition) is 1. The van der Waals surface area contributed by atoms with E-state index in [0.29, 0.717) is 17.5 Å². The summed E-state index contributed by atoms with van der Waals surface area (Å²) in [6.07, 6.45) is 3.32. The molecule has 1 amide bonds. The van der Waals surface area contributed by atoms with E-state index in [4.69, 9.17) is 0 Å². The minimum atomic E-state index is -0.0348. The normalized spacial score (nSPS) is 17.4. The van der Waals surface area contributed by atoms with Crippen LogP contribution in [-0.2, 0) is 4.79 Å². The van der Waals surface area contributed by atoms with Crippen molar-refractivity contribution in [2.24, 2.45) is 0 Å². The molecule has 1 aliphatic rings. The number of aryl methyl sites for hydroxylation is 1. The third-order valence-electron chi connectivity index (χ3n) is 3.55. The smallest absolute Gasteiger partial charge is 0.252 e. The molecule has 0 fully saturated rings. The first-order valence-corrected chi connectivity index (χ1v) is 8.98. The van der Waals surface area contributed by atoms with E-state index in [1.54, 1.807) is 46.2 Å². The van der Waals surface area contributed by atoms with Gasteiger partial charge < -0.3 is 5.32 Å². The second-order valence-electron chi connectivity index (χ2n) is 5.06. The van der Waals surface area contributed by atoms with Crippen LogP contribution < -0.4 is 5.32 Å². The molecule has 0 spiro atoms. The molecule has 0 radical (unpaired) electrons. The summed E-state index contributed by atoms with van der Waals surface area (Å²) in [5, 5.41) is 9.67. The number of nitrogens with zero attached hydrogens (tertiary/aromatic N) is 4. The number of rotatable bonds is 2. The van der Waals surface area contributed by atoms with E-state index < -0.39 is 0 Å². The minimum absolute atomic E-state index is 0.0348. The zero-order chi connectivity index (χ0) is 15.8. The van der Waals surface area contributed by atoms with Gasteiger partial charge in [0.1, 0.15) is 5.82 Å². The molecule has 8 heteroatoms. The fourth-order valence-electron chi connectivity index (χ4n) is 2.59. The van der Waals surface area contributed by atoms with Crippen LogP contribution in [0.2, 0.25) is 0 Å². The van der Waals surface area contributed by atoms with Crippen molar-refractivity contribution in [3.8, 4) is 5.95 Å². The summed E-state index contributed by atoms with van der Waals surface area (Å²) in [7, 11) is 0. The molecule has 0 aromatic carbocycles. The molecule has 4 rings (SSSR count). The maximum Gasteiger partial charge on any atom is 0.252 e. The minimum Gasteiger partial charge on any atom is -0.309 e. The Morgan fingerprint density at radius 3 is 2.87 bits per heavy atom. The molecule has 4 heterocycles. The number of hydrogen-bond acceptors (Lipinski definition) is 6. The topological polar surface area (TPSA) is 72.7 Å². The number of carbonyl (C=O) groups excluding carboxylic acids is 1. The number of thioether (sulfide) groups is 1. The maximum atomic E-state index is 12.1. The zero-order valence-electron chi connectivity index (χ0n) is 12.3. The third kappa shape index (κ3) is 2.53. The molecular formula is C15H13N5OS2. The molecule has 23 heavy (non-hydrogen) atoms. The summed E-state index contributed by atoms with van der Waals surface area (Å²) < 4.78 is 1.62. The van der Waals surface area contributed by atoms with Gasteiger partial charge in [0.05, 0.1) is 16.7 Å². The first kappa shape index (κ1) is 14.4. The SMILES string of the molecule is Cc1nn(-c2ncccn2)c2c1[C@H](c1cccs1)SCC(=O)N2. The highest BCUT2D eigenvalue weighted by Crippen LogP contribution is 2.44. The quantitative estimate of drug-likeness (QED) is 0.774. The summed E-state index contributed by atoms with van der Waals surface area (Å²) in [5.41, 5.74) is 1.90. The predicted octanol–water partition coefficient (Wildman–Crippen LogP) is 2.81. The first-order chi connectivity index (χ1) is 11.2. The number of anilines is 1. The van der Waals surface area contributed by atoms with Crippen LogP contribution in [-0.4, -0.2) is 31.4 Å². The summed E-state index contributed by atoms with van der Waals surface area (Å²) in [6.45, 7) is 1.96. The number of amides is 1. The van der Waals surface area contributed by atoms with Crippen LogP contribution in [0, 0.1) is 6.92 Å². The molecule has 0 saturated heterocycles. The molecular weight excluding hydrogens is 330 g/mol. The van der Waals surface area contributed by atoms with E-state index in [2.05, 4.69) is 31.8 Å². The molecule has 1 aliphatic heterocycles. The van der Waals surface area contributed by atoms with Crippen molar-refractivity contribution < 1.29 is 4.79 Å². The van der Waals surface area contributed by atoms with E-state index in [-0.39, 0.29) is 11.2 Å². The lowest BCUT2D eigenvalue weighted by Crippen LogP contribution is -2.16. The van der Waals surface area contributed by atoms with Crippen molar-refractivity contribution in [1.29, 1.82) is 0 Å². The lowest BCUT2D eigenvalue weighted by atomic mass is 10.1. The summed E-state index contributed by atoms with van der Waals surface area (Å²) in [6, 6.07) is 5.87. The standard InChI is InChI=1S/C15H13N5OS2/c1-9-12-13(10-4-2-7-22-10)23-8-11(21)18-14(12)20(19-9)15-16-5-3-6-17-15/h2-7,13H,8H2,1H3,(H,18,21)/t13-/m0/s1. The number of aromatic nitrogens is 4. The monoisotopic (exact) mass is 343 g/mol. The lowest BCUT2D eigenvalue weighted by molar-refractivity contribution is -0.113. The van der Waals surface area contributed by atoms with E-state index in [9.17, 15) is 4.79 Å². The van der Waals surface area contributed by atoms with Crippen LogP contribution in [0.3, 0.4) is 0 Å². The highest BCUT2D eigenvalue weighted by atomic mass is 32.2. The lowest BCUT2D eigenvalue weighted by Gasteiger charge is -2.12. The van der Waals surface area contributed by atoms with Gasteiger partial charge in [0.25, 0.3) is 5.95 Å². The maximum absolute atomic E-state index is 12.1. The fourth-order valence-corrected chi connectivity index (χ4v) is 4.76. The van der Waals surface area contributed by atoms with Gasteiger partial charge in [-0.2, -0.15) is 9.78 Å². The van der Waals surface area contributed by atoms with Crippen LogP contribution in [0.4, 0.5) is 5.82 Å². The van der Waals surface area contributed by atoms with Crippen LogP contribution >= 0.6 is 23.1 Å². The first-order valence-electron chi connectivity index (χ1n) is 7.06. The molecule has 1 atom stereocenters. The molecule has 6 nitrogen and oxygen atoms in total. The molecule has 0 aliphatic carbocycles. The van der Waals surface area contributed by atoms with E-state index in [1.165, 1.54) is 4.88 Å². The Hall–Kier alpha value is -2.19. The van der Waals surface area contributed by atoms with Crippen molar-refractivity contribution in [1.82, 2.24) is 19.7 Å². The van der Waals surface area contributed by atoms with Gasteiger partial charge in [-0.25, -0.2) is 9.97 Å². The predicted molar refractivity (Wildman–Crippen MR) is 91.1 cm³/mol. The van der Waals surface area contributed by atoms with Crippen molar-refractivity contribution in [2.75, 3.05) is 11.1 Å². The average molecular weight is 343 g/mol. The van der Waals surface area contributed by atoms with Crippen molar-refractivity contribution in [2.45, 2.75) is 12.2 Å². The number of thiophene rings is 1. The highest BCUT2D eigenvalue weighted by Gasteiger charge is 2.31. The van der Waals surface area contributed by atoms with Gasteiger partial charge in [0.15, 0.2) is 0 Å². The van der Waals surface area contributed by atoms with Crippen LogP contribution in [0.15, 0.2) is 36.0 Å². The van der Waals surface area contributed by atoms with Crippen LogP contribution in [0.5, 0.6) is 0 Å². The van der Waals surface area contributed by atoms with Gasteiger partial charge in [-0.15, -0.1) is 23.1 Å². The second kappa shape index (κ2) is 5.78. The Kier molecular flexibility index (Phi) is 3.62. The molecule has 0 bridgehead atoms. The van der Waals surface area contributed by atoms with Gasteiger partial charge in [0.2, 0.25) is 5.91 Å². The molecule has 3 aromatic rings. The van der Waals surface area contributed by atoms with Gasteiger partial charge in [0, 0.05) is 22.8 Å². The van der Waals surface area contributed by atoms with Gasteiger partial charge in [-0.1, -0.05) is 6.07 Å². The molecule has 116 valence electrons.